The van der Waals surface area contributed by atoms with Crippen LogP contribution in [0.3, 0.4) is 0 Å². The van der Waals surface area contributed by atoms with Crippen molar-refractivity contribution in [2.24, 2.45) is 5.73 Å². The van der Waals surface area contributed by atoms with Crippen LogP contribution in [-0.2, 0) is 6.42 Å². The number of nitrogens with two attached hydrogens (primary N) is 1. The van der Waals surface area contributed by atoms with Gasteiger partial charge in [0.05, 0.1) is 0 Å². The van der Waals surface area contributed by atoms with E-state index in [9.17, 15) is 4.39 Å². The molecule has 0 heterocycles. The van der Waals surface area contributed by atoms with Gasteiger partial charge in [0, 0.05) is 20.2 Å². The van der Waals surface area contributed by atoms with E-state index in [1.165, 1.54) is 6.07 Å². The summed E-state index contributed by atoms with van der Waals surface area (Å²) in [6.07, 6.45) is 0.394. The normalized spacial score (nSPS) is 12.4. The van der Waals surface area contributed by atoms with Gasteiger partial charge in [0.25, 0.3) is 0 Å². The standard InChI is InChI=1S/C14H12ClFIN/c15-12-5-2-6-13(16)11(12)8-14(18)9-3-1-4-10(17)7-9/h1-7,14H,8,18H2. The van der Waals surface area contributed by atoms with Crippen molar-refractivity contribution in [3.8, 4) is 0 Å². The maximum Gasteiger partial charge on any atom is 0.127 e. The molecule has 4 heteroatoms. The molecule has 0 saturated heterocycles. The highest BCUT2D eigenvalue weighted by atomic mass is 127. The van der Waals surface area contributed by atoms with Gasteiger partial charge in [0.2, 0.25) is 0 Å². The SMILES string of the molecule is NC(Cc1c(F)cccc1Cl)c1cccc(I)c1. The van der Waals surface area contributed by atoms with Crippen molar-refractivity contribution in [3.63, 3.8) is 0 Å². The first kappa shape index (κ1) is 13.8. The predicted molar refractivity (Wildman–Crippen MR) is 81.2 cm³/mol. The first-order valence-corrected chi connectivity index (χ1v) is 6.97. The monoisotopic (exact) mass is 375 g/mol. The molecule has 0 bridgehead atoms. The fraction of sp³-hybridized carbons (Fsp3) is 0.143. The fourth-order valence-electron chi connectivity index (χ4n) is 1.80. The Labute approximate surface area is 124 Å². The lowest BCUT2D eigenvalue weighted by molar-refractivity contribution is 0.593. The van der Waals surface area contributed by atoms with Crippen LogP contribution in [0.1, 0.15) is 17.2 Å². The summed E-state index contributed by atoms with van der Waals surface area (Å²) >= 11 is 8.22. The van der Waals surface area contributed by atoms with Gasteiger partial charge in [-0.05, 0) is 58.8 Å². The lowest BCUT2D eigenvalue weighted by Gasteiger charge is -2.14. The zero-order chi connectivity index (χ0) is 13.1. The lowest BCUT2D eigenvalue weighted by Crippen LogP contribution is -2.14. The number of hydrogen-bond donors (Lipinski definition) is 1. The summed E-state index contributed by atoms with van der Waals surface area (Å²) in [6, 6.07) is 12.3. The quantitative estimate of drug-likeness (QED) is 0.794. The second-order valence-electron chi connectivity index (χ2n) is 4.07. The molecule has 0 aliphatic rings. The third kappa shape index (κ3) is 3.22. The summed E-state index contributed by atoms with van der Waals surface area (Å²) in [5.41, 5.74) is 7.57. The molecule has 0 radical (unpaired) electrons. The van der Waals surface area contributed by atoms with Gasteiger partial charge in [-0.3, -0.25) is 0 Å². The molecule has 0 aliphatic carbocycles. The van der Waals surface area contributed by atoms with Crippen LogP contribution in [-0.4, -0.2) is 0 Å². The Morgan fingerprint density at radius 2 is 1.94 bits per heavy atom. The van der Waals surface area contributed by atoms with E-state index in [0.717, 1.165) is 9.13 Å². The maximum absolute atomic E-state index is 13.7. The van der Waals surface area contributed by atoms with Crippen molar-refractivity contribution in [1.82, 2.24) is 0 Å². The second kappa shape index (κ2) is 5.99. The van der Waals surface area contributed by atoms with Crippen molar-refractivity contribution in [3.05, 3.63) is 68.0 Å². The average molecular weight is 376 g/mol. The zero-order valence-electron chi connectivity index (χ0n) is 9.54. The van der Waals surface area contributed by atoms with Gasteiger partial charge in [0.15, 0.2) is 0 Å². The largest absolute Gasteiger partial charge is 0.324 e. The summed E-state index contributed by atoms with van der Waals surface area (Å²) < 4.78 is 14.8. The van der Waals surface area contributed by atoms with E-state index < -0.39 is 0 Å². The molecule has 0 fully saturated rings. The fourth-order valence-corrected chi connectivity index (χ4v) is 2.61. The topological polar surface area (TPSA) is 26.0 Å². The van der Waals surface area contributed by atoms with Crippen LogP contribution in [0, 0.1) is 9.39 Å². The van der Waals surface area contributed by atoms with Gasteiger partial charge in [-0.2, -0.15) is 0 Å². The molecule has 0 spiro atoms. The van der Waals surface area contributed by atoms with Crippen molar-refractivity contribution >= 4 is 34.2 Å². The average Bonchev–Trinajstić information content (AvgIpc) is 2.34. The van der Waals surface area contributed by atoms with Crippen LogP contribution in [0.25, 0.3) is 0 Å². The first-order valence-electron chi connectivity index (χ1n) is 5.52. The minimum absolute atomic E-state index is 0.255. The molecule has 0 saturated carbocycles. The van der Waals surface area contributed by atoms with Gasteiger partial charge in [-0.1, -0.05) is 29.8 Å². The van der Waals surface area contributed by atoms with Gasteiger partial charge in [0.1, 0.15) is 5.82 Å². The van der Waals surface area contributed by atoms with Crippen LogP contribution < -0.4 is 5.73 Å². The molecule has 2 aromatic carbocycles. The number of rotatable bonds is 3. The molecule has 18 heavy (non-hydrogen) atoms. The van der Waals surface area contributed by atoms with E-state index in [1.54, 1.807) is 12.1 Å². The van der Waals surface area contributed by atoms with Crippen LogP contribution in [0.4, 0.5) is 4.39 Å². The molecule has 2 rings (SSSR count). The summed E-state index contributed by atoms with van der Waals surface area (Å²) in [6.45, 7) is 0. The third-order valence-electron chi connectivity index (χ3n) is 2.76. The molecule has 2 N–H and O–H groups in total. The Morgan fingerprint density at radius 1 is 1.22 bits per heavy atom. The van der Waals surface area contributed by atoms with Crippen molar-refractivity contribution < 1.29 is 4.39 Å². The minimum atomic E-state index is -0.302. The first-order chi connectivity index (χ1) is 8.58. The van der Waals surface area contributed by atoms with Crippen LogP contribution in [0.15, 0.2) is 42.5 Å². The predicted octanol–water partition coefficient (Wildman–Crippen LogP) is 4.33. The van der Waals surface area contributed by atoms with E-state index in [4.69, 9.17) is 17.3 Å². The zero-order valence-corrected chi connectivity index (χ0v) is 12.5. The van der Waals surface area contributed by atoms with Gasteiger partial charge >= 0.3 is 0 Å². The van der Waals surface area contributed by atoms with E-state index in [2.05, 4.69) is 22.6 Å². The van der Waals surface area contributed by atoms with Crippen LogP contribution in [0.5, 0.6) is 0 Å². The van der Waals surface area contributed by atoms with Crippen molar-refractivity contribution in [2.75, 3.05) is 0 Å². The molecule has 2 aromatic rings. The highest BCUT2D eigenvalue weighted by Crippen LogP contribution is 2.25. The Kier molecular flexibility index (Phi) is 4.59. The number of hydrogen-bond acceptors (Lipinski definition) is 1. The summed E-state index contributed by atoms with van der Waals surface area (Å²) in [4.78, 5) is 0. The summed E-state index contributed by atoms with van der Waals surface area (Å²) in [5, 5.41) is 0.427. The molecule has 1 unspecified atom stereocenters. The molecule has 1 nitrogen and oxygen atoms in total. The molecule has 0 aromatic heterocycles. The van der Waals surface area contributed by atoms with Crippen molar-refractivity contribution in [2.45, 2.75) is 12.5 Å². The van der Waals surface area contributed by atoms with Crippen LogP contribution in [0.2, 0.25) is 5.02 Å². The highest BCUT2D eigenvalue weighted by molar-refractivity contribution is 14.1. The molecular weight excluding hydrogens is 364 g/mol. The number of benzene rings is 2. The van der Waals surface area contributed by atoms with Gasteiger partial charge < -0.3 is 5.73 Å². The maximum atomic E-state index is 13.7. The van der Waals surface area contributed by atoms with Crippen molar-refractivity contribution in [1.29, 1.82) is 0 Å². The van der Waals surface area contributed by atoms with Gasteiger partial charge in [-0.15, -0.1) is 0 Å². The Balaban J connectivity index is 2.24. The van der Waals surface area contributed by atoms with Crippen LogP contribution >= 0.6 is 34.2 Å². The molecule has 0 aliphatic heterocycles. The Hall–Kier alpha value is -0.650. The van der Waals surface area contributed by atoms with E-state index in [-0.39, 0.29) is 11.9 Å². The van der Waals surface area contributed by atoms with Gasteiger partial charge in [-0.25, -0.2) is 4.39 Å². The molecule has 1 atom stereocenters. The Morgan fingerprint density at radius 3 is 2.61 bits per heavy atom. The molecule has 0 amide bonds. The highest BCUT2D eigenvalue weighted by Gasteiger charge is 2.13. The molecule has 94 valence electrons. The smallest absolute Gasteiger partial charge is 0.127 e. The lowest BCUT2D eigenvalue weighted by atomic mass is 9.99. The summed E-state index contributed by atoms with van der Waals surface area (Å²) in [7, 11) is 0. The Bertz CT molecular complexity index is 539. The third-order valence-corrected chi connectivity index (χ3v) is 3.79. The van der Waals surface area contributed by atoms with E-state index in [1.807, 2.05) is 24.3 Å². The van der Waals surface area contributed by atoms with E-state index in [0.29, 0.717) is 17.0 Å². The number of halogens is 3. The summed E-state index contributed by atoms with van der Waals surface area (Å²) in [5.74, 6) is -0.302. The second-order valence-corrected chi connectivity index (χ2v) is 5.72. The molecular formula is C14H12ClFIN. The van der Waals surface area contributed by atoms with E-state index >= 15 is 0 Å². The minimum Gasteiger partial charge on any atom is -0.324 e.